The zero-order chi connectivity index (χ0) is 26.6. The van der Waals surface area contributed by atoms with E-state index in [2.05, 4.69) is 15.8 Å². The van der Waals surface area contributed by atoms with Crippen LogP contribution in [-0.4, -0.2) is 31.7 Å². The fourth-order valence-corrected chi connectivity index (χ4v) is 3.61. The maximum absolute atomic E-state index is 12.1. The third kappa shape index (κ3) is 9.00. The number of ether oxygens (including phenoxy) is 3. The Bertz CT molecular complexity index is 1250. The van der Waals surface area contributed by atoms with Gasteiger partial charge in [0.15, 0.2) is 11.5 Å². The van der Waals surface area contributed by atoms with Gasteiger partial charge in [-0.1, -0.05) is 29.3 Å². The molecule has 0 saturated heterocycles. The Morgan fingerprint density at radius 1 is 0.919 bits per heavy atom. The number of hydrazone groups is 1. The van der Waals surface area contributed by atoms with Crippen LogP contribution in [0.4, 0.5) is 5.69 Å². The molecule has 2 N–H and O–H groups in total. The molecule has 0 heterocycles. The first-order valence-electron chi connectivity index (χ1n) is 11.5. The van der Waals surface area contributed by atoms with Crippen molar-refractivity contribution >= 4 is 46.9 Å². The molecule has 0 unspecified atom stereocenters. The average molecular weight is 544 g/mol. The number of nitrogens with zero attached hydrogens (tertiary/aromatic N) is 1. The number of benzene rings is 3. The normalized spacial score (nSPS) is 10.7. The number of methoxy groups -OCH3 is 1. The summed E-state index contributed by atoms with van der Waals surface area (Å²) in [4.78, 5) is 24.2. The predicted molar refractivity (Wildman–Crippen MR) is 145 cm³/mol. The van der Waals surface area contributed by atoms with Gasteiger partial charge in [0.25, 0.3) is 0 Å². The van der Waals surface area contributed by atoms with Gasteiger partial charge in [-0.2, -0.15) is 5.10 Å². The largest absolute Gasteiger partial charge is 0.497 e. The number of anilines is 1. The summed E-state index contributed by atoms with van der Waals surface area (Å²) in [5, 5.41) is 7.77. The summed E-state index contributed by atoms with van der Waals surface area (Å²) in [6, 6.07) is 17.4. The molecule has 0 aliphatic carbocycles. The van der Waals surface area contributed by atoms with Crippen LogP contribution in [0.15, 0.2) is 65.8 Å². The third-order valence-electron chi connectivity index (χ3n) is 5.02. The highest BCUT2D eigenvalue weighted by Crippen LogP contribution is 2.30. The highest BCUT2D eigenvalue weighted by atomic mass is 35.5. The van der Waals surface area contributed by atoms with Gasteiger partial charge in [0.1, 0.15) is 12.4 Å². The number of rotatable bonds is 12. The smallest absolute Gasteiger partial charge is 0.240 e. The van der Waals surface area contributed by atoms with Crippen LogP contribution in [0.1, 0.15) is 30.9 Å². The number of carbonyl (C=O) groups is 2. The van der Waals surface area contributed by atoms with E-state index in [1.165, 1.54) is 6.21 Å². The Morgan fingerprint density at radius 3 is 2.38 bits per heavy atom. The number of amides is 2. The standard InChI is InChI=1S/C27H27Cl2N3O5/c1-3-36-25-14-18(4-11-24(25)37-17-19-5-6-20(28)15-23(19)29)16-30-32-27(34)13-12-26(33)31-21-7-9-22(35-2)10-8-21/h4-11,14-16H,3,12-13,17H2,1-2H3,(H,31,33)(H,32,34). The Morgan fingerprint density at radius 2 is 1.68 bits per heavy atom. The molecule has 10 heteroatoms. The molecule has 2 amide bonds. The van der Waals surface area contributed by atoms with E-state index in [-0.39, 0.29) is 31.3 Å². The van der Waals surface area contributed by atoms with Gasteiger partial charge in [-0.3, -0.25) is 9.59 Å². The minimum Gasteiger partial charge on any atom is -0.497 e. The summed E-state index contributed by atoms with van der Waals surface area (Å²) in [7, 11) is 1.57. The number of nitrogens with one attached hydrogen (secondary N) is 2. The molecule has 3 rings (SSSR count). The predicted octanol–water partition coefficient (Wildman–Crippen LogP) is 5.85. The maximum Gasteiger partial charge on any atom is 0.240 e. The highest BCUT2D eigenvalue weighted by Gasteiger charge is 2.10. The quantitative estimate of drug-likeness (QED) is 0.220. The van der Waals surface area contributed by atoms with E-state index >= 15 is 0 Å². The van der Waals surface area contributed by atoms with E-state index < -0.39 is 0 Å². The van der Waals surface area contributed by atoms with Gasteiger partial charge in [-0.15, -0.1) is 0 Å². The Labute approximate surface area is 225 Å². The molecule has 0 bridgehead atoms. The summed E-state index contributed by atoms with van der Waals surface area (Å²) in [5.41, 5.74) is 4.53. The highest BCUT2D eigenvalue weighted by molar-refractivity contribution is 6.35. The molecule has 0 saturated carbocycles. The lowest BCUT2D eigenvalue weighted by Gasteiger charge is -2.13. The van der Waals surface area contributed by atoms with E-state index in [1.807, 2.05) is 6.92 Å². The van der Waals surface area contributed by atoms with Gasteiger partial charge in [-0.25, -0.2) is 5.43 Å². The molecule has 0 fully saturated rings. The van der Waals surface area contributed by atoms with Gasteiger partial charge >= 0.3 is 0 Å². The van der Waals surface area contributed by atoms with Crippen LogP contribution in [0, 0.1) is 0 Å². The van der Waals surface area contributed by atoms with Crippen LogP contribution in [0.25, 0.3) is 0 Å². The fraction of sp³-hybridized carbons (Fsp3) is 0.222. The van der Waals surface area contributed by atoms with Crippen molar-refractivity contribution in [2.45, 2.75) is 26.4 Å². The minimum atomic E-state index is -0.383. The SMILES string of the molecule is CCOc1cc(C=NNC(=O)CCC(=O)Nc2ccc(OC)cc2)ccc1OCc1ccc(Cl)cc1Cl. The number of hydrogen-bond donors (Lipinski definition) is 2. The van der Waals surface area contributed by atoms with Crippen LogP contribution in [-0.2, 0) is 16.2 Å². The molecular weight excluding hydrogens is 517 g/mol. The summed E-state index contributed by atoms with van der Waals surface area (Å²) in [6.45, 7) is 2.55. The van der Waals surface area contributed by atoms with Crippen molar-refractivity contribution in [1.82, 2.24) is 5.43 Å². The van der Waals surface area contributed by atoms with Gasteiger partial charge in [-0.05, 0) is 67.1 Å². The number of halogens is 2. The molecular formula is C27H27Cl2N3O5. The zero-order valence-electron chi connectivity index (χ0n) is 20.4. The molecule has 0 aromatic heterocycles. The van der Waals surface area contributed by atoms with Crippen molar-refractivity contribution in [3.63, 3.8) is 0 Å². The first-order chi connectivity index (χ1) is 17.9. The Kier molecular flexibility index (Phi) is 10.6. The van der Waals surface area contributed by atoms with Gasteiger partial charge < -0.3 is 19.5 Å². The van der Waals surface area contributed by atoms with E-state index in [0.29, 0.717) is 45.2 Å². The van der Waals surface area contributed by atoms with Crippen molar-refractivity contribution in [2.75, 3.05) is 19.0 Å². The molecule has 194 valence electrons. The summed E-state index contributed by atoms with van der Waals surface area (Å²) >= 11 is 12.2. The molecule has 0 atom stereocenters. The molecule has 8 nitrogen and oxygen atoms in total. The zero-order valence-corrected chi connectivity index (χ0v) is 21.9. The summed E-state index contributed by atoms with van der Waals surface area (Å²) in [6.07, 6.45) is 1.49. The van der Waals surface area contributed by atoms with E-state index in [4.69, 9.17) is 37.4 Å². The van der Waals surface area contributed by atoms with Gasteiger partial charge in [0.2, 0.25) is 11.8 Å². The topological polar surface area (TPSA) is 98.2 Å². The fourth-order valence-electron chi connectivity index (χ4n) is 3.15. The second-order valence-electron chi connectivity index (χ2n) is 7.73. The maximum atomic E-state index is 12.1. The van der Waals surface area contributed by atoms with Crippen molar-refractivity contribution in [1.29, 1.82) is 0 Å². The molecule has 0 aliphatic heterocycles. The van der Waals surface area contributed by atoms with E-state index in [9.17, 15) is 9.59 Å². The second-order valence-corrected chi connectivity index (χ2v) is 8.58. The Balaban J connectivity index is 1.49. The molecule has 0 radical (unpaired) electrons. The van der Waals surface area contributed by atoms with Crippen molar-refractivity contribution in [3.05, 3.63) is 81.8 Å². The number of carbonyl (C=O) groups excluding carboxylic acids is 2. The lowest BCUT2D eigenvalue weighted by atomic mass is 10.2. The van der Waals surface area contributed by atoms with Crippen LogP contribution in [0.3, 0.4) is 0 Å². The second kappa shape index (κ2) is 14.1. The monoisotopic (exact) mass is 543 g/mol. The first-order valence-corrected chi connectivity index (χ1v) is 12.2. The lowest BCUT2D eigenvalue weighted by molar-refractivity contribution is -0.124. The molecule has 3 aromatic carbocycles. The van der Waals surface area contributed by atoms with Gasteiger partial charge in [0.05, 0.1) is 19.9 Å². The average Bonchev–Trinajstić information content (AvgIpc) is 2.88. The van der Waals surface area contributed by atoms with E-state index in [1.54, 1.807) is 67.8 Å². The van der Waals surface area contributed by atoms with Crippen molar-refractivity contribution in [2.24, 2.45) is 5.10 Å². The van der Waals surface area contributed by atoms with Crippen LogP contribution >= 0.6 is 23.2 Å². The Hall–Kier alpha value is -3.75. The third-order valence-corrected chi connectivity index (χ3v) is 5.61. The van der Waals surface area contributed by atoms with Crippen molar-refractivity contribution in [3.8, 4) is 17.2 Å². The van der Waals surface area contributed by atoms with E-state index in [0.717, 1.165) is 5.56 Å². The van der Waals surface area contributed by atoms with Crippen LogP contribution in [0.5, 0.6) is 17.2 Å². The van der Waals surface area contributed by atoms with Gasteiger partial charge in [0, 0.05) is 34.1 Å². The molecule has 0 aliphatic rings. The summed E-state index contributed by atoms with van der Waals surface area (Å²) < 4.78 is 16.7. The lowest BCUT2D eigenvalue weighted by Crippen LogP contribution is -2.20. The molecule has 0 spiro atoms. The molecule has 3 aromatic rings. The summed E-state index contributed by atoms with van der Waals surface area (Å²) in [5.74, 6) is 1.09. The van der Waals surface area contributed by atoms with Crippen molar-refractivity contribution < 1.29 is 23.8 Å². The van der Waals surface area contributed by atoms with Crippen LogP contribution < -0.4 is 25.0 Å². The van der Waals surface area contributed by atoms with Crippen LogP contribution in [0.2, 0.25) is 10.0 Å². The molecule has 37 heavy (non-hydrogen) atoms. The number of hydrogen-bond acceptors (Lipinski definition) is 6. The first kappa shape index (κ1) is 27.8. The minimum absolute atomic E-state index is 0.0104.